The molecule has 0 saturated heterocycles. The molecule has 0 aliphatic heterocycles. The Hall–Kier alpha value is -1.35. The largest absolute Gasteiger partial charge is 0.469 e. The maximum Gasteiger partial charge on any atom is 0.310 e. The van der Waals surface area contributed by atoms with Gasteiger partial charge in [0, 0.05) is 6.04 Å². The Morgan fingerprint density at radius 2 is 2.06 bits per heavy atom. The minimum atomic E-state index is -0.156. The zero-order valence-electron chi connectivity index (χ0n) is 11.9. The quantitative estimate of drug-likeness (QED) is 0.815. The monoisotopic (exact) mass is 249 g/mol. The molecule has 1 aromatic carbocycles. The topological polar surface area (TPSA) is 38.3 Å². The van der Waals surface area contributed by atoms with Crippen LogP contribution in [0.15, 0.2) is 18.2 Å². The average Bonchev–Trinajstić information content (AvgIpc) is 2.36. The number of ether oxygens (including phenoxy) is 1. The third kappa shape index (κ3) is 3.10. The van der Waals surface area contributed by atoms with Crippen molar-refractivity contribution in [3.63, 3.8) is 0 Å². The molecule has 0 bridgehead atoms. The maximum absolute atomic E-state index is 11.8. The van der Waals surface area contributed by atoms with Crippen LogP contribution >= 0.6 is 0 Å². The number of benzene rings is 1. The van der Waals surface area contributed by atoms with Crippen LogP contribution in [0.4, 0.5) is 0 Å². The van der Waals surface area contributed by atoms with Gasteiger partial charge in [0.1, 0.15) is 0 Å². The molecule has 3 nitrogen and oxygen atoms in total. The van der Waals surface area contributed by atoms with Crippen molar-refractivity contribution in [3.8, 4) is 0 Å². The second-order valence-electron chi connectivity index (χ2n) is 4.66. The van der Waals surface area contributed by atoms with E-state index in [1.165, 1.54) is 23.8 Å². The van der Waals surface area contributed by atoms with Crippen LogP contribution in [0.3, 0.4) is 0 Å². The molecule has 1 rings (SSSR count). The van der Waals surface area contributed by atoms with Crippen LogP contribution in [0, 0.1) is 19.8 Å². The van der Waals surface area contributed by atoms with Gasteiger partial charge in [0.15, 0.2) is 0 Å². The summed E-state index contributed by atoms with van der Waals surface area (Å²) < 4.78 is 4.89. The number of hydrogen-bond acceptors (Lipinski definition) is 3. The highest BCUT2D eigenvalue weighted by molar-refractivity contribution is 5.73. The zero-order chi connectivity index (χ0) is 13.7. The molecule has 0 heterocycles. The van der Waals surface area contributed by atoms with E-state index in [4.69, 9.17) is 4.74 Å². The van der Waals surface area contributed by atoms with E-state index >= 15 is 0 Å². The smallest absolute Gasteiger partial charge is 0.310 e. The molecule has 0 aliphatic rings. The fraction of sp³-hybridized carbons (Fsp3) is 0.533. The Kier molecular flexibility index (Phi) is 5.35. The molecule has 1 N–H and O–H groups in total. The third-order valence-corrected chi connectivity index (χ3v) is 3.42. The lowest BCUT2D eigenvalue weighted by molar-refractivity contribution is -0.146. The number of rotatable bonds is 5. The predicted octanol–water partition coefficient (Wildman–Crippen LogP) is 2.76. The first-order valence-electron chi connectivity index (χ1n) is 6.37. The Labute approximate surface area is 110 Å². The molecule has 2 unspecified atom stereocenters. The number of aryl methyl sites for hydroxylation is 2. The molecule has 2 atom stereocenters. The molecule has 3 heteroatoms. The zero-order valence-corrected chi connectivity index (χ0v) is 11.9. The number of methoxy groups -OCH3 is 1. The summed E-state index contributed by atoms with van der Waals surface area (Å²) in [5.41, 5.74) is 3.61. The van der Waals surface area contributed by atoms with Crippen molar-refractivity contribution < 1.29 is 9.53 Å². The molecule has 0 aliphatic carbocycles. The third-order valence-electron chi connectivity index (χ3n) is 3.42. The average molecular weight is 249 g/mol. The molecule has 100 valence electrons. The first kappa shape index (κ1) is 14.7. The Balaban J connectivity index is 3.11. The summed E-state index contributed by atoms with van der Waals surface area (Å²) in [7, 11) is 3.33. The Bertz CT molecular complexity index is 415. The second kappa shape index (κ2) is 6.55. The molecule has 0 amide bonds. The highest BCUT2D eigenvalue weighted by Gasteiger charge is 2.28. The van der Waals surface area contributed by atoms with Crippen LogP contribution in [-0.4, -0.2) is 20.1 Å². The van der Waals surface area contributed by atoms with E-state index in [1.54, 1.807) is 0 Å². The minimum Gasteiger partial charge on any atom is -0.469 e. The fourth-order valence-electron chi connectivity index (χ4n) is 2.44. The lowest BCUT2D eigenvalue weighted by atomic mass is 9.88. The first-order chi connectivity index (χ1) is 8.54. The molecule has 0 spiro atoms. The summed E-state index contributed by atoms with van der Waals surface area (Å²) in [6, 6.07) is 6.32. The summed E-state index contributed by atoms with van der Waals surface area (Å²) >= 11 is 0. The van der Waals surface area contributed by atoms with Crippen LogP contribution in [0.5, 0.6) is 0 Å². The summed E-state index contributed by atoms with van der Waals surface area (Å²) in [5, 5.41) is 3.24. The fourth-order valence-corrected chi connectivity index (χ4v) is 2.44. The Morgan fingerprint density at radius 1 is 1.39 bits per heavy atom. The van der Waals surface area contributed by atoms with E-state index in [0.717, 1.165) is 6.42 Å². The van der Waals surface area contributed by atoms with Crippen LogP contribution in [-0.2, 0) is 9.53 Å². The number of nitrogens with one attached hydrogen (secondary N) is 1. The Morgan fingerprint density at radius 3 is 2.50 bits per heavy atom. The van der Waals surface area contributed by atoms with E-state index in [9.17, 15) is 4.79 Å². The standard InChI is InChI=1S/C15H23NO2/c1-6-12(15(17)18-5)14(16-4)13-8-7-10(2)9-11(13)3/h7-9,12,14,16H,6H2,1-5H3. The lowest BCUT2D eigenvalue weighted by Crippen LogP contribution is -2.31. The van der Waals surface area contributed by atoms with E-state index in [2.05, 4.69) is 37.4 Å². The van der Waals surface area contributed by atoms with Crippen LogP contribution in [0.1, 0.15) is 36.1 Å². The summed E-state index contributed by atoms with van der Waals surface area (Å²) in [6.45, 7) is 6.16. The van der Waals surface area contributed by atoms with Crippen LogP contribution < -0.4 is 5.32 Å². The summed E-state index contributed by atoms with van der Waals surface area (Å²) in [5.74, 6) is -0.307. The van der Waals surface area contributed by atoms with Gasteiger partial charge in [-0.25, -0.2) is 0 Å². The molecule has 18 heavy (non-hydrogen) atoms. The summed E-state index contributed by atoms with van der Waals surface area (Å²) in [6.07, 6.45) is 0.755. The second-order valence-corrected chi connectivity index (χ2v) is 4.66. The van der Waals surface area contributed by atoms with Gasteiger partial charge >= 0.3 is 5.97 Å². The van der Waals surface area contributed by atoms with Crippen molar-refractivity contribution >= 4 is 5.97 Å². The van der Waals surface area contributed by atoms with Gasteiger partial charge in [-0.05, 0) is 38.4 Å². The van der Waals surface area contributed by atoms with Gasteiger partial charge in [-0.3, -0.25) is 4.79 Å². The van der Waals surface area contributed by atoms with E-state index in [1.807, 2.05) is 14.0 Å². The molecule has 1 aromatic rings. The number of esters is 1. The SMILES string of the molecule is CCC(C(=O)OC)C(NC)c1ccc(C)cc1C. The number of hydrogen-bond donors (Lipinski definition) is 1. The molecule has 0 saturated carbocycles. The molecular weight excluding hydrogens is 226 g/mol. The van der Waals surface area contributed by atoms with E-state index < -0.39 is 0 Å². The molecule has 0 radical (unpaired) electrons. The molecule has 0 aromatic heterocycles. The van der Waals surface area contributed by atoms with Gasteiger partial charge < -0.3 is 10.1 Å². The van der Waals surface area contributed by atoms with Crippen molar-refractivity contribution in [3.05, 3.63) is 34.9 Å². The molecular formula is C15H23NO2. The van der Waals surface area contributed by atoms with Crippen LogP contribution in [0.25, 0.3) is 0 Å². The van der Waals surface area contributed by atoms with Crippen molar-refractivity contribution in [2.45, 2.75) is 33.2 Å². The van der Waals surface area contributed by atoms with Gasteiger partial charge in [0.2, 0.25) is 0 Å². The van der Waals surface area contributed by atoms with Gasteiger partial charge in [0.05, 0.1) is 13.0 Å². The van der Waals surface area contributed by atoms with Gasteiger partial charge in [-0.2, -0.15) is 0 Å². The summed E-state index contributed by atoms with van der Waals surface area (Å²) in [4.78, 5) is 11.8. The number of carbonyl (C=O) groups excluding carboxylic acids is 1. The van der Waals surface area contributed by atoms with Crippen LogP contribution in [0.2, 0.25) is 0 Å². The lowest BCUT2D eigenvalue weighted by Gasteiger charge is -2.25. The van der Waals surface area contributed by atoms with E-state index in [0.29, 0.717) is 0 Å². The van der Waals surface area contributed by atoms with Crippen molar-refractivity contribution in [1.29, 1.82) is 0 Å². The van der Waals surface area contributed by atoms with Crippen molar-refractivity contribution in [1.82, 2.24) is 5.32 Å². The molecule has 0 fully saturated rings. The highest BCUT2D eigenvalue weighted by atomic mass is 16.5. The van der Waals surface area contributed by atoms with Gasteiger partial charge in [-0.1, -0.05) is 30.7 Å². The highest BCUT2D eigenvalue weighted by Crippen LogP contribution is 2.28. The van der Waals surface area contributed by atoms with Gasteiger partial charge in [0.25, 0.3) is 0 Å². The van der Waals surface area contributed by atoms with E-state index in [-0.39, 0.29) is 17.9 Å². The first-order valence-corrected chi connectivity index (χ1v) is 6.37. The minimum absolute atomic E-state index is 0.00282. The number of carbonyl (C=O) groups is 1. The predicted molar refractivity (Wildman–Crippen MR) is 73.5 cm³/mol. The van der Waals surface area contributed by atoms with Crippen molar-refractivity contribution in [2.75, 3.05) is 14.2 Å². The normalized spacial score (nSPS) is 14.1. The maximum atomic E-state index is 11.8. The van der Waals surface area contributed by atoms with Gasteiger partial charge in [-0.15, -0.1) is 0 Å². The van der Waals surface area contributed by atoms with Crippen molar-refractivity contribution in [2.24, 2.45) is 5.92 Å².